The van der Waals surface area contributed by atoms with E-state index in [1.165, 1.54) is 20.4 Å². The quantitative estimate of drug-likeness (QED) is 0.484. The van der Waals surface area contributed by atoms with E-state index in [1.807, 2.05) is 0 Å². The first kappa shape index (κ1) is 20.7. The molecule has 150 valence electrons. The topological polar surface area (TPSA) is 110 Å². The molecule has 0 aliphatic heterocycles. The van der Waals surface area contributed by atoms with Gasteiger partial charge < -0.3 is 25.4 Å². The zero-order valence-corrected chi connectivity index (χ0v) is 17.6. The van der Waals surface area contributed by atoms with Crippen molar-refractivity contribution in [1.29, 1.82) is 0 Å². The number of halogens is 1. The first-order chi connectivity index (χ1) is 14.0. The Morgan fingerprint density at radius 1 is 1.10 bits per heavy atom. The normalized spacial score (nSPS) is 10.2. The van der Waals surface area contributed by atoms with Gasteiger partial charge >= 0.3 is 0 Å². The van der Waals surface area contributed by atoms with Gasteiger partial charge in [0.1, 0.15) is 11.5 Å². The van der Waals surface area contributed by atoms with Crippen LogP contribution in [0.2, 0.25) is 5.02 Å². The number of carbonyl (C=O) groups excluding carboxylic acids is 1. The number of thiocarbonyl (C=S) groups is 1. The second-order valence-electron chi connectivity index (χ2n) is 5.43. The van der Waals surface area contributed by atoms with Gasteiger partial charge in [0.25, 0.3) is 5.91 Å². The van der Waals surface area contributed by atoms with E-state index in [9.17, 15) is 4.79 Å². The first-order valence-corrected chi connectivity index (χ1v) is 9.66. The Kier molecular flexibility index (Phi) is 6.75. The Hall–Kier alpha value is -3.02. The molecule has 3 rings (SSSR count). The highest BCUT2D eigenvalue weighted by Gasteiger charge is 2.14. The minimum Gasteiger partial charge on any atom is -0.495 e. The van der Waals surface area contributed by atoms with E-state index in [0.29, 0.717) is 33.6 Å². The van der Waals surface area contributed by atoms with Crippen LogP contribution in [-0.4, -0.2) is 39.8 Å². The zero-order chi connectivity index (χ0) is 20.8. The smallest absolute Gasteiger partial charge is 0.277 e. The lowest BCUT2D eigenvalue weighted by Gasteiger charge is -2.16. The number of hydrogen-bond donors (Lipinski definition) is 3. The van der Waals surface area contributed by atoms with Gasteiger partial charge in [-0.1, -0.05) is 16.1 Å². The molecule has 0 spiro atoms. The summed E-state index contributed by atoms with van der Waals surface area (Å²) < 4.78 is 14.2. The summed E-state index contributed by atoms with van der Waals surface area (Å²) in [4.78, 5) is 16.3. The summed E-state index contributed by atoms with van der Waals surface area (Å²) in [5, 5.41) is 14.7. The van der Waals surface area contributed by atoms with Crippen LogP contribution in [0.1, 0.15) is 10.5 Å². The highest BCUT2D eigenvalue weighted by atomic mass is 35.5. The van der Waals surface area contributed by atoms with Crippen LogP contribution in [-0.2, 0) is 0 Å². The number of hydrogen-bond acceptors (Lipinski definition) is 8. The molecule has 2 aromatic heterocycles. The van der Waals surface area contributed by atoms with E-state index in [0.717, 1.165) is 11.5 Å². The maximum Gasteiger partial charge on any atom is 0.277 e. The fraction of sp³-hybridized carbons (Fsp3) is 0.118. The first-order valence-electron chi connectivity index (χ1n) is 8.03. The Morgan fingerprint density at radius 2 is 1.86 bits per heavy atom. The van der Waals surface area contributed by atoms with E-state index in [4.69, 9.17) is 33.3 Å². The van der Waals surface area contributed by atoms with Gasteiger partial charge in [0.05, 0.1) is 42.5 Å². The monoisotopic (exact) mass is 450 g/mol. The predicted octanol–water partition coefficient (Wildman–Crippen LogP) is 3.66. The molecule has 0 saturated carbocycles. The molecule has 0 aliphatic rings. The second kappa shape index (κ2) is 9.45. The molecular weight excluding hydrogens is 436 g/mol. The van der Waals surface area contributed by atoms with Gasteiger partial charge in [0.15, 0.2) is 10.8 Å². The van der Waals surface area contributed by atoms with Crippen LogP contribution in [0.25, 0.3) is 0 Å². The standard InChI is InChI=1S/C17H15ClN6O3S2/c1-26-14-6-15(27-2)11(5-9(14)18)22-17(28)21-10-3-4-19-7-12(10)20-16(25)13-8-29-24-23-13/h3-8H,1-2H3,(H,20,25)(H2,19,21,22,28). The predicted molar refractivity (Wildman–Crippen MR) is 116 cm³/mol. The van der Waals surface area contributed by atoms with Crippen molar-refractivity contribution in [3.8, 4) is 11.5 Å². The summed E-state index contributed by atoms with van der Waals surface area (Å²) in [5.74, 6) is 0.565. The van der Waals surface area contributed by atoms with E-state index < -0.39 is 5.91 Å². The van der Waals surface area contributed by atoms with Crippen LogP contribution in [0.15, 0.2) is 36.0 Å². The summed E-state index contributed by atoms with van der Waals surface area (Å²) in [5.41, 5.74) is 1.72. The van der Waals surface area contributed by atoms with Gasteiger partial charge in [0, 0.05) is 17.6 Å². The number of nitrogens with zero attached hydrogens (tertiary/aromatic N) is 3. The molecule has 0 aliphatic carbocycles. The average molecular weight is 451 g/mol. The third kappa shape index (κ3) is 5.08. The number of ether oxygens (including phenoxy) is 2. The van der Waals surface area contributed by atoms with Gasteiger partial charge in [-0.05, 0) is 35.9 Å². The number of aromatic nitrogens is 3. The summed E-state index contributed by atoms with van der Waals surface area (Å²) in [7, 11) is 3.04. The van der Waals surface area contributed by atoms with E-state index in [2.05, 4.69) is 30.5 Å². The van der Waals surface area contributed by atoms with Crippen molar-refractivity contribution in [2.45, 2.75) is 0 Å². The van der Waals surface area contributed by atoms with E-state index in [-0.39, 0.29) is 10.8 Å². The number of rotatable bonds is 6. The SMILES string of the molecule is COc1cc(OC)c(NC(=S)Nc2ccncc2NC(=O)c2csnn2)cc1Cl. The third-order valence-corrected chi connectivity index (χ3v) is 4.64. The molecule has 1 amide bonds. The molecule has 29 heavy (non-hydrogen) atoms. The minimum atomic E-state index is -0.405. The number of carbonyl (C=O) groups is 1. The average Bonchev–Trinajstić information content (AvgIpc) is 3.25. The summed E-state index contributed by atoms with van der Waals surface area (Å²) in [6.07, 6.45) is 3.06. The second-order valence-corrected chi connectivity index (χ2v) is 6.86. The van der Waals surface area contributed by atoms with Crippen LogP contribution < -0.4 is 25.4 Å². The molecule has 3 N–H and O–H groups in total. The van der Waals surface area contributed by atoms with Crippen LogP contribution in [0.3, 0.4) is 0 Å². The summed E-state index contributed by atoms with van der Waals surface area (Å²) >= 11 is 12.6. The molecule has 3 aromatic rings. The summed E-state index contributed by atoms with van der Waals surface area (Å²) in [6.45, 7) is 0. The maximum absolute atomic E-state index is 12.2. The molecule has 2 heterocycles. The molecule has 0 unspecified atom stereocenters. The minimum absolute atomic E-state index is 0.211. The summed E-state index contributed by atoms with van der Waals surface area (Å²) in [6, 6.07) is 4.95. The van der Waals surface area contributed by atoms with Gasteiger partial charge in [-0.25, -0.2) is 0 Å². The molecule has 0 radical (unpaired) electrons. The molecule has 0 bridgehead atoms. The number of anilines is 3. The zero-order valence-electron chi connectivity index (χ0n) is 15.2. The van der Waals surface area contributed by atoms with E-state index in [1.54, 1.807) is 29.8 Å². The van der Waals surface area contributed by atoms with Crippen molar-refractivity contribution in [2.24, 2.45) is 0 Å². The van der Waals surface area contributed by atoms with Crippen molar-refractivity contribution < 1.29 is 14.3 Å². The lowest BCUT2D eigenvalue weighted by Crippen LogP contribution is -2.21. The number of amides is 1. The molecule has 0 saturated heterocycles. The lowest BCUT2D eigenvalue weighted by molar-refractivity contribution is 0.102. The largest absolute Gasteiger partial charge is 0.495 e. The number of pyridine rings is 1. The highest BCUT2D eigenvalue weighted by molar-refractivity contribution is 7.80. The van der Waals surface area contributed by atoms with Gasteiger partial charge in [-0.3, -0.25) is 9.78 Å². The van der Waals surface area contributed by atoms with Crippen LogP contribution in [0.5, 0.6) is 11.5 Å². The Bertz CT molecular complexity index is 1030. The van der Waals surface area contributed by atoms with Crippen molar-refractivity contribution in [3.05, 3.63) is 46.7 Å². The van der Waals surface area contributed by atoms with Crippen molar-refractivity contribution >= 4 is 63.4 Å². The lowest BCUT2D eigenvalue weighted by atomic mass is 10.2. The van der Waals surface area contributed by atoms with Crippen molar-refractivity contribution in [2.75, 3.05) is 30.2 Å². The van der Waals surface area contributed by atoms with Gasteiger partial charge in [0.2, 0.25) is 0 Å². The Balaban J connectivity index is 1.75. The van der Waals surface area contributed by atoms with Crippen LogP contribution in [0.4, 0.5) is 17.1 Å². The fourth-order valence-electron chi connectivity index (χ4n) is 2.29. The highest BCUT2D eigenvalue weighted by Crippen LogP contribution is 2.36. The number of methoxy groups -OCH3 is 2. The molecule has 0 atom stereocenters. The Labute approximate surface area is 180 Å². The molecule has 9 nitrogen and oxygen atoms in total. The van der Waals surface area contributed by atoms with Crippen molar-refractivity contribution in [1.82, 2.24) is 14.6 Å². The number of nitrogens with one attached hydrogen (secondary N) is 3. The fourth-order valence-corrected chi connectivity index (χ4v) is 3.18. The van der Waals surface area contributed by atoms with Gasteiger partial charge in [-0.15, -0.1) is 5.10 Å². The molecule has 0 fully saturated rings. The number of benzene rings is 1. The van der Waals surface area contributed by atoms with Crippen LogP contribution >= 0.6 is 35.4 Å². The third-order valence-electron chi connectivity index (χ3n) is 3.63. The van der Waals surface area contributed by atoms with Crippen molar-refractivity contribution in [3.63, 3.8) is 0 Å². The molecule has 12 heteroatoms. The molecule has 1 aromatic carbocycles. The Morgan fingerprint density at radius 3 is 2.55 bits per heavy atom. The maximum atomic E-state index is 12.2. The van der Waals surface area contributed by atoms with E-state index >= 15 is 0 Å². The molecular formula is C17H15ClN6O3S2. The van der Waals surface area contributed by atoms with Gasteiger partial charge in [-0.2, -0.15) is 0 Å². The van der Waals surface area contributed by atoms with Crippen LogP contribution in [0, 0.1) is 0 Å².